The van der Waals surface area contributed by atoms with Crippen molar-refractivity contribution in [1.82, 2.24) is 25.3 Å². The summed E-state index contributed by atoms with van der Waals surface area (Å²) in [5.41, 5.74) is 1.65. The van der Waals surface area contributed by atoms with Gasteiger partial charge in [0.15, 0.2) is 0 Å². The van der Waals surface area contributed by atoms with Crippen LogP contribution in [-0.2, 0) is 14.4 Å². The van der Waals surface area contributed by atoms with E-state index in [2.05, 4.69) is 38.1 Å². The van der Waals surface area contributed by atoms with Crippen molar-refractivity contribution in [2.45, 2.75) is 31.1 Å². The molecule has 3 aliphatic heterocycles. The normalized spacial score (nSPS) is 21.2. The molecule has 3 amide bonds. The summed E-state index contributed by atoms with van der Waals surface area (Å²) in [5.74, 6) is 0.0560. The maximum Gasteiger partial charge on any atom is 0.242 e. The van der Waals surface area contributed by atoms with Gasteiger partial charge in [0.2, 0.25) is 18.2 Å². The van der Waals surface area contributed by atoms with Crippen LogP contribution in [0.25, 0.3) is 0 Å². The second-order valence-corrected chi connectivity index (χ2v) is 11.4. The summed E-state index contributed by atoms with van der Waals surface area (Å²) in [5, 5.41) is 21.3. The average molecular weight is 601 g/mol. The van der Waals surface area contributed by atoms with Gasteiger partial charge in [0.25, 0.3) is 0 Å². The van der Waals surface area contributed by atoms with Crippen molar-refractivity contribution in [3.8, 4) is 6.07 Å². The van der Waals surface area contributed by atoms with Gasteiger partial charge in [-0.1, -0.05) is 30.8 Å². The van der Waals surface area contributed by atoms with Gasteiger partial charge in [0.05, 0.1) is 17.1 Å². The van der Waals surface area contributed by atoms with E-state index in [1.165, 1.54) is 17.8 Å². The zero-order valence-electron chi connectivity index (χ0n) is 24.4. The first-order valence-corrected chi connectivity index (χ1v) is 15.2. The van der Waals surface area contributed by atoms with E-state index in [0.717, 1.165) is 55.5 Å². The molecule has 1 aromatic rings. The highest BCUT2D eigenvalue weighted by Crippen LogP contribution is 2.35. The van der Waals surface area contributed by atoms with Gasteiger partial charge in [-0.2, -0.15) is 5.26 Å². The van der Waals surface area contributed by atoms with Gasteiger partial charge in [-0.05, 0) is 50.0 Å². The topological polar surface area (TPSA) is 133 Å². The van der Waals surface area contributed by atoms with Crippen molar-refractivity contribution >= 4 is 41.4 Å². The molecule has 0 radical (unpaired) electrons. The zero-order chi connectivity index (χ0) is 30.2. The first-order chi connectivity index (χ1) is 20.4. The maximum absolute atomic E-state index is 12.6. The van der Waals surface area contributed by atoms with Crippen LogP contribution in [0.5, 0.6) is 0 Å². The lowest BCUT2D eigenvalue weighted by atomic mass is 10.2. The van der Waals surface area contributed by atoms with Crippen molar-refractivity contribution in [3.63, 3.8) is 0 Å². The molecule has 0 aliphatic carbocycles. The number of benzene rings is 1. The van der Waals surface area contributed by atoms with Crippen LogP contribution in [0, 0.1) is 11.3 Å². The van der Waals surface area contributed by atoms with Gasteiger partial charge >= 0.3 is 0 Å². The average Bonchev–Trinajstić information content (AvgIpc) is 3.30. The Kier molecular flexibility index (Phi) is 13.9. The quantitative estimate of drug-likeness (QED) is 0.211. The fourth-order valence-corrected chi connectivity index (χ4v) is 5.62. The molecular formula is C30H48N8O3S. The SMILES string of the molecule is CCCN1C(=O)C(CNc2ccc(NC(=O)CCN3CCN(C)CC3)cc2)S/C1=C/C#N.O=CNCC1C=CC=CN1.[HH].[HH].[HH]. The van der Waals surface area contributed by atoms with Crippen LogP contribution in [-0.4, -0.2) is 104 Å². The minimum absolute atomic E-state index is 0. The molecule has 2 saturated heterocycles. The Labute approximate surface area is 257 Å². The van der Waals surface area contributed by atoms with E-state index >= 15 is 0 Å². The minimum atomic E-state index is -0.255. The molecule has 4 rings (SSSR count). The number of anilines is 2. The molecule has 11 nitrogen and oxygen atoms in total. The van der Waals surface area contributed by atoms with Gasteiger partial charge in [0.1, 0.15) is 5.25 Å². The Balaban J connectivity index is 0.00000128. The predicted octanol–water partition coefficient (Wildman–Crippen LogP) is 2.91. The number of nitrogens with zero attached hydrogens (tertiary/aromatic N) is 4. The molecule has 0 aromatic heterocycles. The van der Waals surface area contributed by atoms with E-state index in [9.17, 15) is 14.4 Å². The van der Waals surface area contributed by atoms with Crippen molar-refractivity contribution in [2.75, 3.05) is 70.0 Å². The van der Waals surface area contributed by atoms with Crippen LogP contribution >= 0.6 is 11.8 Å². The molecule has 0 spiro atoms. The van der Waals surface area contributed by atoms with E-state index in [1.54, 1.807) is 4.90 Å². The van der Waals surface area contributed by atoms with Crippen molar-refractivity contribution in [3.05, 3.63) is 59.8 Å². The first-order valence-electron chi connectivity index (χ1n) is 14.3. The molecule has 2 fully saturated rings. The molecule has 3 heterocycles. The molecule has 42 heavy (non-hydrogen) atoms. The number of nitriles is 1. The van der Waals surface area contributed by atoms with Crippen LogP contribution in [0.3, 0.4) is 0 Å². The Morgan fingerprint density at radius 1 is 1.14 bits per heavy atom. The van der Waals surface area contributed by atoms with Gasteiger partial charge in [-0.3, -0.25) is 14.4 Å². The van der Waals surface area contributed by atoms with Gasteiger partial charge in [-0.15, -0.1) is 0 Å². The second-order valence-electron chi connectivity index (χ2n) is 10.2. The van der Waals surface area contributed by atoms with Crippen LogP contribution < -0.4 is 21.3 Å². The number of hydrogen-bond acceptors (Lipinski definition) is 9. The highest BCUT2D eigenvalue weighted by Gasteiger charge is 2.35. The highest BCUT2D eigenvalue weighted by molar-refractivity contribution is 8.04. The molecule has 4 N–H and O–H groups in total. The molecule has 12 heteroatoms. The second kappa shape index (κ2) is 17.9. The first kappa shape index (κ1) is 32.7. The summed E-state index contributed by atoms with van der Waals surface area (Å²) < 4.78 is 0. The Morgan fingerprint density at radius 2 is 1.88 bits per heavy atom. The summed E-state index contributed by atoms with van der Waals surface area (Å²) in [6.45, 7) is 8.66. The van der Waals surface area contributed by atoms with E-state index in [1.807, 2.05) is 61.7 Å². The van der Waals surface area contributed by atoms with E-state index in [-0.39, 0.29) is 27.4 Å². The lowest BCUT2D eigenvalue weighted by Gasteiger charge is -2.32. The van der Waals surface area contributed by atoms with Crippen molar-refractivity contribution < 1.29 is 18.7 Å². The number of carbonyl (C=O) groups is 3. The molecule has 2 unspecified atom stereocenters. The third-order valence-electron chi connectivity index (χ3n) is 6.90. The number of thioether (sulfide) groups is 1. The molecule has 3 aliphatic rings. The van der Waals surface area contributed by atoms with Crippen molar-refractivity contribution in [2.24, 2.45) is 0 Å². The largest absolute Gasteiger partial charge is 0.383 e. The summed E-state index contributed by atoms with van der Waals surface area (Å²) >= 11 is 1.43. The van der Waals surface area contributed by atoms with Crippen LogP contribution in [0.2, 0.25) is 0 Å². The number of hydrogen-bond donors (Lipinski definition) is 4. The maximum atomic E-state index is 12.6. The Bertz CT molecular complexity index is 1170. The van der Waals surface area contributed by atoms with E-state index < -0.39 is 0 Å². The lowest BCUT2D eigenvalue weighted by Crippen LogP contribution is -2.45. The van der Waals surface area contributed by atoms with Gasteiger partial charge in [-0.25, -0.2) is 0 Å². The third-order valence-corrected chi connectivity index (χ3v) is 8.13. The molecular weight excluding hydrogens is 552 g/mol. The fraction of sp³-hybridized carbons (Fsp3) is 0.467. The molecule has 2 atom stereocenters. The summed E-state index contributed by atoms with van der Waals surface area (Å²) in [6, 6.07) is 9.80. The lowest BCUT2D eigenvalue weighted by molar-refractivity contribution is -0.127. The number of rotatable bonds is 12. The van der Waals surface area contributed by atoms with Crippen molar-refractivity contribution in [1.29, 1.82) is 5.26 Å². The molecule has 0 saturated carbocycles. The zero-order valence-corrected chi connectivity index (χ0v) is 25.2. The summed E-state index contributed by atoms with van der Waals surface area (Å²) in [6.07, 6.45) is 11.2. The molecule has 232 valence electrons. The third kappa shape index (κ3) is 10.9. The smallest absolute Gasteiger partial charge is 0.242 e. The monoisotopic (exact) mass is 600 g/mol. The number of amides is 3. The molecule has 0 bridgehead atoms. The number of allylic oxidation sites excluding steroid dienone is 3. The van der Waals surface area contributed by atoms with Crippen LogP contribution in [0.4, 0.5) is 11.4 Å². The van der Waals surface area contributed by atoms with E-state index in [0.29, 0.717) is 32.5 Å². The fourth-order valence-electron chi connectivity index (χ4n) is 4.51. The Morgan fingerprint density at radius 3 is 2.52 bits per heavy atom. The predicted molar refractivity (Wildman–Crippen MR) is 175 cm³/mol. The number of carbonyl (C=O) groups excluding carboxylic acids is 3. The summed E-state index contributed by atoms with van der Waals surface area (Å²) in [7, 11) is 2.12. The van der Waals surface area contributed by atoms with Gasteiger partial charge < -0.3 is 36.0 Å². The van der Waals surface area contributed by atoms with Gasteiger partial charge in [0, 0.05) is 80.5 Å². The van der Waals surface area contributed by atoms with E-state index in [4.69, 9.17) is 5.26 Å². The van der Waals surface area contributed by atoms with Crippen LogP contribution in [0.15, 0.2) is 59.8 Å². The highest BCUT2D eigenvalue weighted by atomic mass is 32.2. The number of nitrogens with one attached hydrogen (secondary N) is 4. The standard InChI is InChI=1S/C23H32N6O2S.C7H10N2O.3H2/c1-3-11-29-22(8-10-24)32-20(23(29)31)17-25-18-4-6-19(7-5-18)26-21(30)9-12-28-15-13-27(2)14-16-28;10-6-8-5-7-3-1-2-4-9-7;;;/h4-8,20,25H,3,9,11-17H2,1-2H3,(H,26,30);1-4,6-7,9H,5H2,(H,8,10);3*1H/b22-8+;;;;. The summed E-state index contributed by atoms with van der Waals surface area (Å²) in [4.78, 5) is 41.1. The Hall–Kier alpha value is -3.79. The number of dihydropyridines is 1. The number of likely N-dealkylation sites (N-methyl/N-ethyl adjacent to an activating group) is 1. The van der Waals surface area contributed by atoms with Crippen LogP contribution in [0.1, 0.15) is 24.0 Å². The molecule has 1 aromatic carbocycles. The number of piperazine rings is 1. The minimum Gasteiger partial charge on any atom is -0.383 e.